The Bertz CT molecular complexity index is 286. The molecule has 0 aromatic carbocycles. The van der Waals surface area contributed by atoms with Gasteiger partial charge < -0.3 is 11.1 Å². The number of amides is 3. The van der Waals surface area contributed by atoms with Crippen molar-refractivity contribution in [2.75, 3.05) is 6.26 Å². The Morgan fingerprint density at radius 1 is 1.35 bits per heavy atom. The number of nitrogens with two attached hydrogens (primary N) is 1. The molecule has 0 bridgehead atoms. The molecular formula is C11H21N3O2S. The summed E-state index contributed by atoms with van der Waals surface area (Å²) in [7, 11) is 0. The van der Waals surface area contributed by atoms with Gasteiger partial charge in [0, 0.05) is 11.3 Å². The number of urea groups is 1. The molecule has 98 valence electrons. The van der Waals surface area contributed by atoms with Crippen molar-refractivity contribution in [1.82, 2.24) is 10.6 Å². The van der Waals surface area contributed by atoms with E-state index in [2.05, 4.69) is 16.9 Å². The maximum absolute atomic E-state index is 11.5. The second kappa shape index (κ2) is 6.86. The minimum absolute atomic E-state index is 0.340. The van der Waals surface area contributed by atoms with Crippen molar-refractivity contribution in [3.63, 3.8) is 0 Å². The highest BCUT2D eigenvalue weighted by atomic mass is 32.2. The van der Waals surface area contributed by atoms with Crippen LogP contribution in [0.25, 0.3) is 0 Å². The molecule has 0 aromatic rings. The fourth-order valence-electron chi connectivity index (χ4n) is 2.20. The molecule has 4 N–H and O–H groups in total. The van der Waals surface area contributed by atoms with E-state index in [4.69, 9.17) is 5.73 Å². The second-order valence-electron chi connectivity index (χ2n) is 4.41. The van der Waals surface area contributed by atoms with Gasteiger partial charge in [0.1, 0.15) is 0 Å². The second-order valence-corrected chi connectivity index (χ2v) is 5.48. The summed E-state index contributed by atoms with van der Waals surface area (Å²) < 4.78 is 0. The lowest BCUT2D eigenvalue weighted by Crippen LogP contribution is -2.52. The number of nitrogens with one attached hydrogen (secondary N) is 2. The van der Waals surface area contributed by atoms with Crippen molar-refractivity contribution in [3.8, 4) is 0 Å². The lowest BCUT2D eigenvalue weighted by Gasteiger charge is -2.32. The molecule has 1 fully saturated rings. The maximum Gasteiger partial charge on any atom is 0.318 e. The molecule has 3 amide bonds. The molecule has 17 heavy (non-hydrogen) atoms. The first-order valence-electron chi connectivity index (χ1n) is 5.93. The van der Waals surface area contributed by atoms with Crippen LogP contribution >= 0.6 is 11.8 Å². The summed E-state index contributed by atoms with van der Waals surface area (Å²) in [5, 5.41) is 5.93. The Morgan fingerprint density at radius 3 is 2.59 bits per heavy atom. The Hall–Kier alpha value is -0.750. The molecule has 0 heterocycles. The number of primary amides is 1. The summed E-state index contributed by atoms with van der Waals surface area (Å²) >= 11 is 1.84. The quantitative estimate of drug-likeness (QED) is 0.698. The SMILES string of the molecule is CSC1CCCCC1NC(C)C(=O)NC(N)=O. The molecule has 1 aliphatic rings. The molecule has 0 aliphatic heterocycles. The largest absolute Gasteiger partial charge is 0.351 e. The molecule has 0 aromatic heterocycles. The van der Waals surface area contributed by atoms with E-state index in [-0.39, 0.29) is 11.9 Å². The number of imide groups is 1. The van der Waals surface area contributed by atoms with Gasteiger partial charge >= 0.3 is 6.03 Å². The van der Waals surface area contributed by atoms with Gasteiger partial charge in [-0.15, -0.1) is 0 Å². The van der Waals surface area contributed by atoms with E-state index in [1.807, 2.05) is 11.8 Å². The zero-order chi connectivity index (χ0) is 12.8. The van der Waals surface area contributed by atoms with Crippen LogP contribution < -0.4 is 16.4 Å². The van der Waals surface area contributed by atoms with E-state index in [0.717, 1.165) is 6.42 Å². The lowest BCUT2D eigenvalue weighted by molar-refractivity contribution is -0.121. The van der Waals surface area contributed by atoms with Gasteiger partial charge in [0.2, 0.25) is 5.91 Å². The van der Waals surface area contributed by atoms with Gasteiger partial charge in [0.15, 0.2) is 0 Å². The number of thioether (sulfide) groups is 1. The molecule has 1 aliphatic carbocycles. The van der Waals surface area contributed by atoms with E-state index in [9.17, 15) is 9.59 Å². The van der Waals surface area contributed by atoms with E-state index in [1.165, 1.54) is 19.3 Å². The zero-order valence-electron chi connectivity index (χ0n) is 10.4. The molecule has 0 radical (unpaired) electrons. The third kappa shape index (κ3) is 4.55. The van der Waals surface area contributed by atoms with E-state index in [1.54, 1.807) is 6.92 Å². The van der Waals surface area contributed by atoms with Crippen LogP contribution in [0.3, 0.4) is 0 Å². The van der Waals surface area contributed by atoms with Crippen LogP contribution in [-0.4, -0.2) is 35.5 Å². The number of carbonyl (C=O) groups is 2. The Labute approximate surface area is 106 Å². The Balaban J connectivity index is 2.45. The smallest absolute Gasteiger partial charge is 0.318 e. The van der Waals surface area contributed by atoms with Crippen molar-refractivity contribution >= 4 is 23.7 Å². The van der Waals surface area contributed by atoms with Crippen LogP contribution in [0, 0.1) is 0 Å². The van der Waals surface area contributed by atoms with Crippen LogP contribution in [0.2, 0.25) is 0 Å². The van der Waals surface area contributed by atoms with E-state index in [0.29, 0.717) is 11.3 Å². The highest BCUT2D eigenvalue weighted by Crippen LogP contribution is 2.27. The van der Waals surface area contributed by atoms with Gasteiger partial charge in [-0.25, -0.2) is 4.79 Å². The van der Waals surface area contributed by atoms with Gasteiger partial charge in [-0.05, 0) is 26.0 Å². The monoisotopic (exact) mass is 259 g/mol. The Morgan fingerprint density at radius 2 is 2.00 bits per heavy atom. The standard InChI is InChI=1S/C11H21N3O2S/c1-7(10(15)14-11(12)16)13-8-5-3-4-6-9(8)17-2/h7-9,13H,3-6H2,1-2H3,(H3,12,14,15,16). The number of carbonyl (C=O) groups excluding carboxylic acids is 2. The third-order valence-electron chi connectivity index (χ3n) is 3.11. The third-order valence-corrected chi connectivity index (χ3v) is 4.28. The van der Waals surface area contributed by atoms with Crippen LogP contribution in [0.15, 0.2) is 0 Å². The molecule has 3 atom stereocenters. The van der Waals surface area contributed by atoms with Crippen molar-refractivity contribution in [2.45, 2.75) is 49.9 Å². The number of rotatable bonds is 4. The molecule has 6 heteroatoms. The molecule has 1 rings (SSSR count). The summed E-state index contributed by atoms with van der Waals surface area (Å²) in [6.45, 7) is 1.75. The first-order chi connectivity index (χ1) is 8.04. The van der Waals surface area contributed by atoms with Crippen molar-refractivity contribution in [1.29, 1.82) is 0 Å². The summed E-state index contributed by atoms with van der Waals surface area (Å²) in [5.41, 5.74) is 4.92. The average molecular weight is 259 g/mol. The summed E-state index contributed by atoms with van der Waals surface area (Å²) in [6.07, 6.45) is 6.81. The van der Waals surface area contributed by atoms with E-state index < -0.39 is 6.03 Å². The molecule has 1 saturated carbocycles. The van der Waals surface area contributed by atoms with Gasteiger partial charge in [-0.3, -0.25) is 10.1 Å². The van der Waals surface area contributed by atoms with E-state index >= 15 is 0 Å². The summed E-state index contributed by atoms with van der Waals surface area (Å²) in [6, 6.07) is -0.846. The van der Waals surface area contributed by atoms with Gasteiger partial charge in [0.05, 0.1) is 6.04 Å². The van der Waals surface area contributed by atoms with Crippen LogP contribution in [0.4, 0.5) is 4.79 Å². The lowest BCUT2D eigenvalue weighted by atomic mass is 9.94. The van der Waals surface area contributed by atoms with Crippen LogP contribution in [0.1, 0.15) is 32.6 Å². The van der Waals surface area contributed by atoms with Gasteiger partial charge in [-0.2, -0.15) is 11.8 Å². The molecule has 0 spiro atoms. The zero-order valence-corrected chi connectivity index (χ0v) is 11.2. The van der Waals surface area contributed by atoms with Gasteiger partial charge in [-0.1, -0.05) is 12.8 Å². The first kappa shape index (κ1) is 14.3. The summed E-state index contributed by atoms with van der Waals surface area (Å²) in [4.78, 5) is 22.1. The fourth-order valence-corrected chi connectivity index (χ4v) is 3.14. The first-order valence-corrected chi connectivity index (χ1v) is 7.22. The minimum atomic E-state index is -0.797. The Kier molecular flexibility index (Phi) is 5.77. The minimum Gasteiger partial charge on any atom is -0.351 e. The molecule has 5 nitrogen and oxygen atoms in total. The van der Waals surface area contributed by atoms with Crippen LogP contribution in [0.5, 0.6) is 0 Å². The highest BCUT2D eigenvalue weighted by molar-refractivity contribution is 7.99. The van der Waals surface area contributed by atoms with Crippen molar-refractivity contribution in [3.05, 3.63) is 0 Å². The number of hydrogen-bond acceptors (Lipinski definition) is 4. The molecular weight excluding hydrogens is 238 g/mol. The summed E-state index contributed by atoms with van der Waals surface area (Å²) in [5.74, 6) is -0.358. The van der Waals surface area contributed by atoms with Gasteiger partial charge in [0.25, 0.3) is 0 Å². The molecule has 0 saturated heterocycles. The fraction of sp³-hybridized carbons (Fsp3) is 0.818. The maximum atomic E-state index is 11.5. The van der Waals surface area contributed by atoms with Crippen LogP contribution in [-0.2, 0) is 4.79 Å². The molecule has 3 unspecified atom stereocenters. The predicted octanol–water partition coefficient (Wildman–Crippen LogP) is 0.834. The average Bonchev–Trinajstić information content (AvgIpc) is 2.28. The predicted molar refractivity (Wildman–Crippen MR) is 69.9 cm³/mol. The topological polar surface area (TPSA) is 84.2 Å². The number of hydrogen-bond donors (Lipinski definition) is 3. The van der Waals surface area contributed by atoms with Crippen molar-refractivity contribution in [2.24, 2.45) is 5.73 Å². The van der Waals surface area contributed by atoms with Crippen molar-refractivity contribution < 1.29 is 9.59 Å². The normalized spacial score (nSPS) is 26.2. The highest BCUT2D eigenvalue weighted by Gasteiger charge is 2.27.